The van der Waals surface area contributed by atoms with Gasteiger partial charge < -0.3 is 10.1 Å². The molecule has 0 saturated carbocycles. The standard InChI is InChI=1S/C16H31N3O/c1-2-5-17-14-12-15-3-4-16(13-14)19(15)7-6-18-8-10-20-11-9-18/h14-17H,2-13H2,1H3. The number of hydrogen-bond donors (Lipinski definition) is 1. The van der Waals surface area contributed by atoms with Gasteiger partial charge in [-0.25, -0.2) is 0 Å². The van der Waals surface area contributed by atoms with Crippen molar-refractivity contribution in [3.8, 4) is 0 Å². The van der Waals surface area contributed by atoms with Gasteiger partial charge in [0, 0.05) is 44.3 Å². The summed E-state index contributed by atoms with van der Waals surface area (Å²) in [5, 5.41) is 3.74. The van der Waals surface area contributed by atoms with Crippen LogP contribution in [0.4, 0.5) is 0 Å². The molecule has 0 aromatic heterocycles. The van der Waals surface area contributed by atoms with Crippen LogP contribution in [0.25, 0.3) is 0 Å². The molecule has 3 fully saturated rings. The molecule has 2 atom stereocenters. The molecular formula is C16H31N3O. The number of hydrogen-bond acceptors (Lipinski definition) is 4. The highest BCUT2D eigenvalue weighted by Crippen LogP contribution is 2.35. The lowest BCUT2D eigenvalue weighted by atomic mass is 9.97. The molecule has 3 heterocycles. The molecule has 0 aromatic carbocycles. The minimum Gasteiger partial charge on any atom is -0.379 e. The molecule has 3 saturated heterocycles. The van der Waals surface area contributed by atoms with E-state index in [9.17, 15) is 0 Å². The summed E-state index contributed by atoms with van der Waals surface area (Å²) in [5.41, 5.74) is 0. The van der Waals surface area contributed by atoms with Gasteiger partial charge in [0.1, 0.15) is 0 Å². The monoisotopic (exact) mass is 281 g/mol. The maximum atomic E-state index is 5.43. The van der Waals surface area contributed by atoms with Gasteiger partial charge in [0.15, 0.2) is 0 Å². The highest BCUT2D eigenvalue weighted by molar-refractivity contribution is 4.97. The molecule has 116 valence electrons. The Labute approximate surface area is 123 Å². The molecule has 2 unspecified atom stereocenters. The quantitative estimate of drug-likeness (QED) is 0.794. The average molecular weight is 281 g/mol. The van der Waals surface area contributed by atoms with Crippen molar-refractivity contribution in [1.29, 1.82) is 0 Å². The van der Waals surface area contributed by atoms with E-state index >= 15 is 0 Å². The van der Waals surface area contributed by atoms with Crippen molar-refractivity contribution >= 4 is 0 Å². The molecule has 1 N–H and O–H groups in total. The second kappa shape index (κ2) is 7.21. The fraction of sp³-hybridized carbons (Fsp3) is 1.00. The summed E-state index contributed by atoms with van der Waals surface area (Å²) in [5.74, 6) is 0. The summed E-state index contributed by atoms with van der Waals surface area (Å²) < 4.78 is 5.43. The van der Waals surface area contributed by atoms with Gasteiger partial charge in [-0.2, -0.15) is 0 Å². The highest BCUT2D eigenvalue weighted by atomic mass is 16.5. The second-order valence-electron chi connectivity index (χ2n) is 6.70. The smallest absolute Gasteiger partial charge is 0.0594 e. The molecule has 4 nitrogen and oxygen atoms in total. The summed E-state index contributed by atoms with van der Waals surface area (Å²) in [4.78, 5) is 5.39. The summed E-state index contributed by atoms with van der Waals surface area (Å²) in [6.07, 6.45) is 6.86. The van der Waals surface area contributed by atoms with Crippen molar-refractivity contribution in [1.82, 2.24) is 15.1 Å². The van der Waals surface area contributed by atoms with Crippen molar-refractivity contribution in [2.45, 2.75) is 57.2 Å². The Morgan fingerprint density at radius 3 is 2.40 bits per heavy atom. The Balaban J connectivity index is 1.44. The number of nitrogens with one attached hydrogen (secondary N) is 1. The van der Waals surface area contributed by atoms with Crippen LogP contribution in [0.5, 0.6) is 0 Å². The summed E-state index contributed by atoms with van der Waals surface area (Å²) >= 11 is 0. The van der Waals surface area contributed by atoms with Crippen LogP contribution in [-0.2, 0) is 4.74 Å². The minimum atomic E-state index is 0.784. The zero-order chi connectivity index (χ0) is 13.8. The predicted molar refractivity (Wildman–Crippen MR) is 82.1 cm³/mol. The lowest BCUT2D eigenvalue weighted by Crippen LogP contribution is -2.51. The zero-order valence-corrected chi connectivity index (χ0v) is 13.0. The van der Waals surface area contributed by atoms with Gasteiger partial charge in [0.2, 0.25) is 0 Å². The lowest BCUT2D eigenvalue weighted by molar-refractivity contribution is 0.0257. The molecule has 2 bridgehead atoms. The van der Waals surface area contributed by atoms with Crippen LogP contribution in [0.2, 0.25) is 0 Å². The predicted octanol–water partition coefficient (Wildman–Crippen LogP) is 1.31. The van der Waals surface area contributed by atoms with Gasteiger partial charge in [-0.05, 0) is 38.6 Å². The Morgan fingerprint density at radius 2 is 1.75 bits per heavy atom. The van der Waals surface area contributed by atoms with Gasteiger partial charge in [-0.15, -0.1) is 0 Å². The summed E-state index contributed by atoms with van der Waals surface area (Å²) in [6, 6.07) is 2.49. The van der Waals surface area contributed by atoms with Crippen LogP contribution in [0.1, 0.15) is 39.0 Å². The van der Waals surface area contributed by atoms with E-state index < -0.39 is 0 Å². The van der Waals surface area contributed by atoms with Gasteiger partial charge in [0.05, 0.1) is 13.2 Å². The van der Waals surface area contributed by atoms with Crippen LogP contribution in [0, 0.1) is 0 Å². The average Bonchev–Trinajstić information content (AvgIpc) is 2.73. The molecule has 3 aliphatic heterocycles. The molecule has 3 aliphatic rings. The van der Waals surface area contributed by atoms with Gasteiger partial charge >= 0.3 is 0 Å². The largest absolute Gasteiger partial charge is 0.379 e. The summed E-state index contributed by atoms with van der Waals surface area (Å²) in [7, 11) is 0. The van der Waals surface area contributed by atoms with E-state index in [1.807, 2.05) is 0 Å². The third-order valence-corrected chi connectivity index (χ3v) is 5.35. The first-order valence-electron chi connectivity index (χ1n) is 8.66. The van der Waals surface area contributed by atoms with Crippen LogP contribution in [0.15, 0.2) is 0 Å². The van der Waals surface area contributed by atoms with E-state index in [1.165, 1.54) is 51.7 Å². The maximum Gasteiger partial charge on any atom is 0.0594 e. The van der Waals surface area contributed by atoms with Gasteiger partial charge in [0.25, 0.3) is 0 Å². The Morgan fingerprint density at radius 1 is 1.05 bits per heavy atom. The van der Waals surface area contributed by atoms with E-state index in [1.54, 1.807) is 0 Å². The zero-order valence-electron chi connectivity index (χ0n) is 13.0. The van der Waals surface area contributed by atoms with Crippen molar-refractivity contribution in [2.24, 2.45) is 0 Å². The minimum absolute atomic E-state index is 0.784. The van der Waals surface area contributed by atoms with Gasteiger partial charge in [-0.3, -0.25) is 9.80 Å². The topological polar surface area (TPSA) is 27.7 Å². The van der Waals surface area contributed by atoms with E-state index in [-0.39, 0.29) is 0 Å². The third kappa shape index (κ3) is 3.53. The molecule has 0 aliphatic carbocycles. The Bertz CT molecular complexity index is 279. The highest BCUT2D eigenvalue weighted by Gasteiger charge is 2.40. The van der Waals surface area contributed by atoms with E-state index in [0.29, 0.717) is 0 Å². The van der Waals surface area contributed by atoms with E-state index in [2.05, 4.69) is 22.0 Å². The van der Waals surface area contributed by atoms with Crippen molar-refractivity contribution in [3.63, 3.8) is 0 Å². The SMILES string of the molecule is CCCNC1CC2CCC(C1)N2CCN1CCOCC1. The number of piperidine rings is 1. The molecule has 0 spiro atoms. The third-order valence-electron chi connectivity index (χ3n) is 5.35. The Kier molecular flexibility index (Phi) is 5.32. The van der Waals surface area contributed by atoms with Crippen molar-refractivity contribution in [2.75, 3.05) is 45.9 Å². The molecule has 0 aromatic rings. The van der Waals surface area contributed by atoms with Gasteiger partial charge in [-0.1, -0.05) is 6.92 Å². The van der Waals surface area contributed by atoms with Crippen LogP contribution >= 0.6 is 0 Å². The number of morpholine rings is 1. The normalized spacial score (nSPS) is 35.5. The fourth-order valence-corrected chi connectivity index (χ4v) is 4.24. The number of fused-ring (bicyclic) bond motifs is 2. The van der Waals surface area contributed by atoms with E-state index in [4.69, 9.17) is 4.74 Å². The van der Waals surface area contributed by atoms with Crippen molar-refractivity contribution < 1.29 is 4.74 Å². The lowest BCUT2D eigenvalue weighted by Gasteiger charge is -2.40. The van der Waals surface area contributed by atoms with Crippen LogP contribution in [0.3, 0.4) is 0 Å². The molecule has 0 radical (unpaired) electrons. The first kappa shape index (κ1) is 14.8. The molecule has 20 heavy (non-hydrogen) atoms. The van der Waals surface area contributed by atoms with Crippen molar-refractivity contribution in [3.05, 3.63) is 0 Å². The van der Waals surface area contributed by atoms with Crippen LogP contribution < -0.4 is 5.32 Å². The molecule has 4 heteroatoms. The first-order chi connectivity index (χ1) is 9.86. The number of ether oxygens (including phenoxy) is 1. The Hall–Kier alpha value is -0.160. The number of nitrogens with zero attached hydrogens (tertiary/aromatic N) is 2. The van der Waals surface area contributed by atoms with E-state index in [0.717, 1.165) is 44.4 Å². The fourth-order valence-electron chi connectivity index (χ4n) is 4.24. The summed E-state index contributed by atoms with van der Waals surface area (Å²) in [6.45, 7) is 10.1. The van der Waals surface area contributed by atoms with Crippen LogP contribution in [-0.4, -0.2) is 73.9 Å². The first-order valence-corrected chi connectivity index (χ1v) is 8.66. The maximum absolute atomic E-state index is 5.43. The molecular weight excluding hydrogens is 250 g/mol. The molecule has 3 rings (SSSR count). The number of rotatable bonds is 6. The molecule has 0 amide bonds. The second-order valence-corrected chi connectivity index (χ2v) is 6.70.